The second kappa shape index (κ2) is 11.1. The summed E-state index contributed by atoms with van der Waals surface area (Å²) in [5.41, 5.74) is 0.768. The van der Waals surface area contributed by atoms with Crippen molar-refractivity contribution in [2.75, 3.05) is 18.6 Å². The third kappa shape index (κ3) is 6.96. The first-order chi connectivity index (χ1) is 14.1. The van der Waals surface area contributed by atoms with E-state index in [0.717, 1.165) is 0 Å². The van der Waals surface area contributed by atoms with Crippen molar-refractivity contribution in [1.82, 2.24) is 10.8 Å². The van der Waals surface area contributed by atoms with Gasteiger partial charge in [-0.05, 0) is 43.0 Å². The molecule has 1 saturated heterocycles. The van der Waals surface area contributed by atoms with Crippen molar-refractivity contribution in [3.05, 3.63) is 35.4 Å². The molecule has 1 aliphatic heterocycles. The largest absolute Gasteiger partial charge is 0.392 e. The van der Waals surface area contributed by atoms with E-state index in [-0.39, 0.29) is 18.0 Å². The minimum absolute atomic E-state index is 0. The van der Waals surface area contributed by atoms with Crippen LogP contribution in [0.4, 0.5) is 0 Å². The van der Waals surface area contributed by atoms with Gasteiger partial charge in [0.05, 0.1) is 17.6 Å². The first-order valence-corrected chi connectivity index (χ1v) is 10.7. The molecular weight excluding hydrogens is 448 g/mol. The maximum atomic E-state index is 12.6. The number of hydrogen-bond donors (Lipinski definition) is 4. The van der Waals surface area contributed by atoms with Gasteiger partial charge in [-0.1, -0.05) is 11.8 Å². The second-order valence-electron chi connectivity index (χ2n) is 6.87. The lowest BCUT2D eigenvalue weighted by Gasteiger charge is -2.44. The number of nitrogens with one attached hydrogen (secondary N) is 2. The number of carbonyl (C=O) groups excluding carboxylic acids is 2. The maximum Gasteiger partial charge on any atom is 0.268 e. The molecule has 1 fully saturated rings. The fraction of sp³-hybridized carbons (Fsp3) is 0.400. The van der Waals surface area contributed by atoms with Crippen LogP contribution < -0.4 is 10.8 Å². The lowest BCUT2D eigenvalue weighted by Crippen LogP contribution is -2.71. The van der Waals surface area contributed by atoms with E-state index in [9.17, 15) is 18.0 Å². The Labute approximate surface area is 186 Å². The van der Waals surface area contributed by atoms with E-state index in [2.05, 4.69) is 29.0 Å². The van der Waals surface area contributed by atoms with Crippen LogP contribution in [0.15, 0.2) is 24.3 Å². The predicted molar refractivity (Wildman–Crippen MR) is 114 cm³/mol. The molecule has 4 N–H and O–H groups in total. The average molecular weight is 471 g/mol. The fourth-order valence-electron chi connectivity index (χ4n) is 2.87. The number of hydroxylamine groups is 1. The molecular formula is C20H23ClN2O7S. The van der Waals surface area contributed by atoms with Crippen molar-refractivity contribution >= 4 is 34.1 Å². The number of ether oxygens (including phenoxy) is 1. The molecule has 0 spiro atoms. The summed E-state index contributed by atoms with van der Waals surface area (Å²) in [6.07, 6.45) is -0.202. The summed E-state index contributed by atoms with van der Waals surface area (Å²) in [7, 11) is -2.16. The predicted octanol–water partition coefficient (Wildman–Crippen LogP) is -0.348. The van der Waals surface area contributed by atoms with Crippen LogP contribution >= 0.6 is 12.4 Å². The van der Waals surface area contributed by atoms with Gasteiger partial charge in [0, 0.05) is 24.7 Å². The molecule has 2 atom stereocenters. The van der Waals surface area contributed by atoms with Crippen molar-refractivity contribution in [1.29, 1.82) is 0 Å². The third-order valence-corrected chi connectivity index (χ3v) is 6.27. The van der Waals surface area contributed by atoms with Gasteiger partial charge in [-0.3, -0.25) is 14.8 Å². The number of hydrogen-bond acceptors (Lipinski definition) is 7. The number of aliphatic hydroxyl groups excluding tert-OH is 1. The SMILES string of the molecule is COC1(C(NC(=O)c2ccc(C#CC#CCC(C)O)cc2)C(=O)NO)CS(=O)(=O)C1.Cl. The molecule has 0 saturated carbocycles. The van der Waals surface area contributed by atoms with Crippen molar-refractivity contribution in [2.45, 2.75) is 31.1 Å². The molecule has 0 bridgehead atoms. The van der Waals surface area contributed by atoms with Crippen molar-refractivity contribution < 1.29 is 33.1 Å². The van der Waals surface area contributed by atoms with Crippen LogP contribution in [0.25, 0.3) is 0 Å². The zero-order valence-electron chi connectivity index (χ0n) is 16.8. The third-order valence-electron chi connectivity index (χ3n) is 4.41. The number of carbonyl (C=O) groups is 2. The number of rotatable bonds is 6. The Morgan fingerprint density at radius 3 is 2.32 bits per heavy atom. The average Bonchev–Trinajstić information content (AvgIpc) is 2.69. The summed E-state index contributed by atoms with van der Waals surface area (Å²) in [5, 5.41) is 20.5. The number of methoxy groups -OCH3 is 1. The Morgan fingerprint density at radius 2 is 1.84 bits per heavy atom. The minimum Gasteiger partial charge on any atom is -0.392 e. The fourth-order valence-corrected chi connectivity index (χ4v) is 4.84. The molecule has 2 rings (SSSR count). The first-order valence-electron chi connectivity index (χ1n) is 8.90. The van der Waals surface area contributed by atoms with E-state index in [1.807, 2.05) is 0 Å². The van der Waals surface area contributed by atoms with Gasteiger partial charge in [0.2, 0.25) is 0 Å². The van der Waals surface area contributed by atoms with Crippen LogP contribution in [-0.4, -0.2) is 66.9 Å². The van der Waals surface area contributed by atoms with Gasteiger partial charge in [0.1, 0.15) is 11.6 Å². The molecule has 9 nitrogen and oxygen atoms in total. The Kier molecular flexibility index (Phi) is 9.50. The molecule has 0 aliphatic carbocycles. The smallest absolute Gasteiger partial charge is 0.268 e. The monoisotopic (exact) mass is 470 g/mol. The van der Waals surface area contributed by atoms with Crippen LogP contribution in [0, 0.1) is 23.7 Å². The van der Waals surface area contributed by atoms with Crippen LogP contribution in [0.5, 0.6) is 0 Å². The van der Waals surface area contributed by atoms with Gasteiger partial charge in [-0.25, -0.2) is 13.9 Å². The number of halogens is 1. The standard InChI is InChI=1S/C20H22N2O7S.ClH/c1-14(23)6-4-3-5-7-15-8-10-16(11-9-15)18(24)21-17(19(25)22-26)20(29-2)12-30(27,28)13-20;/h8-11,14,17,23,26H,6,12-13H2,1-2H3,(H,21,24)(H,22,25);1H. The summed E-state index contributed by atoms with van der Waals surface area (Å²) >= 11 is 0. The molecule has 1 aliphatic rings. The van der Waals surface area contributed by atoms with Gasteiger partial charge in [-0.15, -0.1) is 12.4 Å². The first kappa shape index (κ1) is 26.4. The molecule has 168 valence electrons. The summed E-state index contributed by atoms with van der Waals surface area (Å²) < 4.78 is 28.4. The number of aliphatic hydroxyl groups is 1. The molecule has 0 aromatic heterocycles. The van der Waals surface area contributed by atoms with E-state index in [4.69, 9.17) is 15.1 Å². The van der Waals surface area contributed by atoms with E-state index in [0.29, 0.717) is 12.0 Å². The highest BCUT2D eigenvalue weighted by Crippen LogP contribution is 2.31. The van der Waals surface area contributed by atoms with Crippen molar-refractivity contribution in [3.8, 4) is 23.7 Å². The van der Waals surface area contributed by atoms with E-state index in [1.165, 1.54) is 24.7 Å². The van der Waals surface area contributed by atoms with Crippen LogP contribution in [0.1, 0.15) is 29.3 Å². The molecule has 1 aromatic rings. The van der Waals surface area contributed by atoms with Gasteiger partial charge in [-0.2, -0.15) is 0 Å². The normalized spacial score (nSPS) is 17.0. The van der Waals surface area contributed by atoms with Gasteiger partial charge >= 0.3 is 0 Å². The molecule has 2 amide bonds. The Balaban J connectivity index is 0.00000480. The van der Waals surface area contributed by atoms with Crippen molar-refractivity contribution in [2.24, 2.45) is 0 Å². The lowest BCUT2D eigenvalue weighted by molar-refractivity contribution is -0.138. The van der Waals surface area contributed by atoms with Crippen LogP contribution in [-0.2, 0) is 19.4 Å². The highest BCUT2D eigenvalue weighted by atomic mass is 35.5. The zero-order valence-corrected chi connectivity index (χ0v) is 18.5. The zero-order chi connectivity index (χ0) is 22.4. The maximum absolute atomic E-state index is 12.6. The Morgan fingerprint density at radius 1 is 1.23 bits per heavy atom. The summed E-state index contributed by atoms with van der Waals surface area (Å²) in [4.78, 5) is 24.6. The summed E-state index contributed by atoms with van der Waals surface area (Å²) in [5.74, 6) is 8.19. The molecule has 31 heavy (non-hydrogen) atoms. The molecule has 1 heterocycles. The molecule has 1 aromatic carbocycles. The topological polar surface area (TPSA) is 142 Å². The van der Waals surface area contributed by atoms with Crippen molar-refractivity contribution in [3.63, 3.8) is 0 Å². The van der Waals surface area contributed by atoms with Gasteiger partial charge < -0.3 is 15.2 Å². The minimum atomic E-state index is -3.39. The van der Waals surface area contributed by atoms with Gasteiger partial charge in [0.15, 0.2) is 9.84 Å². The molecule has 0 radical (unpaired) electrons. The molecule has 11 heteroatoms. The van der Waals surface area contributed by atoms with E-state index in [1.54, 1.807) is 19.1 Å². The van der Waals surface area contributed by atoms with E-state index < -0.39 is 50.9 Å². The van der Waals surface area contributed by atoms with Crippen LogP contribution in [0.2, 0.25) is 0 Å². The van der Waals surface area contributed by atoms with E-state index >= 15 is 0 Å². The van der Waals surface area contributed by atoms with Crippen LogP contribution in [0.3, 0.4) is 0 Å². The number of amides is 2. The Bertz CT molecular complexity index is 1020. The lowest BCUT2D eigenvalue weighted by atomic mass is 9.95. The Hall–Kier alpha value is -2.60. The second-order valence-corrected chi connectivity index (χ2v) is 8.93. The molecule has 2 unspecified atom stereocenters. The summed E-state index contributed by atoms with van der Waals surface area (Å²) in [6, 6.07) is 4.71. The highest BCUT2D eigenvalue weighted by molar-refractivity contribution is 7.93. The summed E-state index contributed by atoms with van der Waals surface area (Å²) in [6.45, 7) is 1.62. The quantitative estimate of drug-likeness (QED) is 0.253. The highest BCUT2D eigenvalue weighted by Gasteiger charge is 2.57. The van der Waals surface area contributed by atoms with Gasteiger partial charge in [0.25, 0.3) is 11.8 Å². The number of sulfone groups is 1. The number of benzene rings is 1.